The Bertz CT molecular complexity index is 262. The van der Waals surface area contributed by atoms with Crippen molar-refractivity contribution in [3.05, 3.63) is 22.3 Å². The second-order valence-corrected chi connectivity index (χ2v) is 3.11. The standard InChI is InChI=1S/C7H6Cl2N2/c1-11-4-5(8)2-6(9)7(11)3-10/h2,4,7H,1H3. The molecule has 0 fully saturated rings. The number of nitriles is 1. The number of hydrogen-bond acceptors (Lipinski definition) is 2. The Balaban J connectivity index is 2.93. The highest BCUT2D eigenvalue weighted by Crippen LogP contribution is 2.23. The molecule has 1 aliphatic rings. The SMILES string of the molecule is CN1C=C(Cl)C=C(Cl)C1C#N. The lowest BCUT2D eigenvalue weighted by atomic mass is 10.2. The fraction of sp³-hybridized carbons (Fsp3) is 0.286. The molecule has 0 aromatic heterocycles. The average molecular weight is 189 g/mol. The van der Waals surface area contributed by atoms with Crippen molar-refractivity contribution < 1.29 is 0 Å². The number of nitrogens with zero attached hydrogens (tertiary/aromatic N) is 2. The minimum Gasteiger partial charge on any atom is -0.359 e. The first-order valence-corrected chi connectivity index (χ1v) is 3.76. The zero-order valence-corrected chi connectivity index (χ0v) is 7.39. The van der Waals surface area contributed by atoms with Gasteiger partial charge in [-0.1, -0.05) is 23.2 Å². The third-order valence-corrected chi connectivity index (χ3v) is 1.92. The van der Waals surface area contributed by atoms with E-state index in [0.29, 0.717) is 10.1 Å². The molecule has 0 N–H and O–H groups in total. The lowest BCUT2D eigenvalue weighted by Crippen LogP contribution is -2.28. The maximum absolute atomic E-state index is 8.63. The van der Waals surface area contributed by atoms with Crippen molar-refractivity contribution >= 4 is 23.2 Å². The lowest BCUT2D eigenvalue weighted by molar-refractivity contribution is 0.434. The maximum Gasteiger partial charge on any atom is 0.152 e. The molecular weight excluding hydrogens is 183 g/mol. The van der Waals surface area contributed by atoms with E-state index < -0.39 is 0 Å². The van der Waals surface area contributed by atoms with Crippen molar-refractivity contribution in [2.24, 2.45) is 0 Å². The summed E-state index contributed by atoms with van der Waals surface area (Å²) in [5.41, 5.74) is 0. The van der Waals surface area contributed by atoms with Gasteiger partial charge in [-0.3, -0.25) is 0 Å². The summed E-state index contributed by atoms with van der Waals surface area (Å²) in [6.07, 6.45) is 3.25. The molecule has 0 amide bonds. The van der Waals surface area contributed by atoms with Gasteiger partial charge in [0.1, 0.15) is 0 Å². The Labute approximate surface area is 75.3 Å². The summed E-state index contributed by atoms with van der Waals surface area (Å²) in [5, 5.41) is 9.63. The van der Waals surface area contributed by atoms with Crippen LogP contribution in [-0.4, -0.2) is 18.0 Å². The summed E-state index contributed by atoms with van der Waals surface area (Å²) >= 11 is 11.4. The molecule has 0 saturated heterocycles. The highest BCUT2D eigenvalue weighted by Gasteiger charge is 2.19. The van der Waals surface area contributed by atoms with Crippen molar-refractivity contribution in [3.8, 4) is 6.07 Å². The van der Waals surface area contributed by atoms with Crippen LogP contribution in [0.5, 0.6) is 0 Å². The average Bonchev–Trinajstić information content (AvgIpc) is 1.85. The van der Waals surface area contributed by atoms with Gasteiger partial charge < -0.3 is 4.90 Å². The quantitative estimate of drug-likeness (QED) is 0.582. The smallest absolute Gasteiger partial charge is 0.152 e. The highest BCUT2D eigenvalue weighted by molar-refractivity contribution is 6.35. The van der Waals surface area contributed by atoms with E-state index in [1.165, 1.54) is 0 Å². The van der Waals surface area contributed by atoms with E-state index in [-0.39, 0.29) is 6.04 Å². The largest absolute Gasteiger partial charge is 0.359 e. The van der Waals surface area contributed by atoms with Crippen molar-refractivity contribution in [3.63, 3.8) is 0 Å². The molecule has 1 unspecified atom stereocenters. The summed E-state index contributed by atoms with van der Waals surface area (Å²) in [5.74, 6) is 0. The molecule has 1 heterocycles. The van der Waals surface area contributed by atoms with Gasteiger partial charge in [-0.05, 0) is 6.08 Å². The third kappa shape index (κ3) is 1.68. The fourth-order valence-corrected chi connectivity index (χ4v) is 1.51. The molecular formula is C7H6Cl2N2. The highest BCUT2D eigenvalue weighted by atomic mass is 35.5. The maximum atomic E-state index is 8.63. The predicted octanol–water partition coefficient (Wildman–Crippen LogP) is 2.03. The zero-order chi connectivity index (χ0) is 8.43. The Kier molecular flexibility index (Phi) is 2.43. The van der Waals surface area contributed by atoms with Crippen molar-refractivity contribution in [1.29, 1.82) is 5.26 Å². The van der Waals surface area contributed by atoms with E-state index in [1.54, 1.807) is 24.2 Å². The Morgan fingerprint density at radius 3 is 2.73 bits per heavy atom. The molecule has 0 spiro atoms. The Hall–Kier alpha value is -0.650. The molecule has 58 valence electrons. The summed E-state index contributed by atoms with van der Waals surface area (Å²) in [7, 11) is 1.76. The van der Waals surface area contributed by atoms with Crippen LogP contribution in [0.1, 0.15) is 0 Å². The summed E-state index contributed by atoms with van der Waals surface area (Å²) in [4.78, 5) is 1.67. The molecule has 0 bridgehead atoms. The Morgan fingerprint density at radius 2 is 2.27 bits per heavy atom. The minimum atomic E-state index is -0.390. The van der Waals surface area contributed by atoms with Gasteiger partial charge in [0.15, 0.2) is 6.04 Å². The van der Waals surface area contributed by atoms with E-state index in [0.717, 1.165) is 0 Å². The van der Waals surface area contributed by atoms with E-state index in [9.17, 15) is 0 Å². The molecule has 1 atom stereocenters. The summed E-state index contributed by atoms with van der Waals surface area (Å²) < 4.78 is 0. The van der Waals surface area contributed by atoms with Crippen LogP contribution < -0.4 is 0 Å². The van der Waals surface area contributed by atoms with Gasteiger partial charge in [0.2, 0.25) is 0 Å². The first-order valence-electron chi connectivity index (χ1n) is 3.01. The van der Waals surface area contributed by atoms with E-state index in [4.69, 9.17) is 28.5 Å². The van der Waals surface area contributed by atoms with Gasteiger partial charge in [0, 0.05) is 13.2 Å². The first kappa shape index (κ1) is 8.45. The van der Waals surface area contributed by atoms with E-state index >= 15 is 0 Å². The van der Waals surface area contributed by atoms with Gasteiger partial charge in [0.25, 0.3) is 0 Å². The van der Waals surface area contributed by atoms with Crippen LogP contribution in [0.3, 0.4) is 0 Å². The van der Waals surface area contributed by atoms with Crippen molar-refractivity contribution in [2.75, 3.05) is 7.05 Å². The Morgan fingerprint density at radius 1 is 1.64 bits per heavy atom. The number of rotatable bonds is 0. The monoisotopic (exact) mass is 188 g/mol. The number of hydrogen-bond donors (Lipinski definition) is 0. The fourth-order valence-electron chi connectivity index (χ4n) is 0.864. The van der Waals surface area contributed by atoms with Gasteiger partial charge in [-0.15, -0.1) is 0 Å². The third-order valence-electron chi connectivity index (χ3n) is 1.39. The molecule has 0 radical (unpaired) electrons. The van der Waals surface area contributed by atoms with Gasteiger partial charge in [-0.25, -0.2) is 0 Å². The summed E-state index contributed by atoms with van der Waals surface area (Å²) in [6, 6.07) is 1.66. The topological polar surface area (TPSA) is 27.0 Å². The van der Waals surface area contributed by atoms with Crippen LogP contribution >= 0.6 is 23.2 Å². The van der Waals surface area contributed by atoms with Crippen LogP contribution in [0.15, 0.2) is 22.3 Å². The van der Waals surface area contributed by atoms with Gasteiger partial charge in [-0.2, -0.15) is 5.26 Å². The first-order chi connectivity index (χ1) is 5.15. The van der Waals surface area contributed by atoms with Gasteiger partial charge >= 0.3 is 0 Å². The molecule has 4 heteroatoms. The molecule has 1 rings (SSSR count). The predicted molar refractivity (Wildman–Crippen MR) is 45.0 cm³/mol. The van der Waals surface area contributed by atoms with Crippen LogP contribution in [0.4, 0.5) is 0 Å². The second-order valence-electron chi connectivity index (χ2n) is 2.24. The summed E-state index contributed by atoms with van der Waals surface area (Å²) in [6.45, 7) is 0. The van der Waals surface area contributed by atoms with Crippen molar-refractivity contribution in [2.45, 2.75) is 6.04 Å². The number of halogens is 2. The van der Waals surface area contributed by atoms with Crippen LogP contribution in [0, 0.1) is 11.3 Å². The number of likely N-dealkylation sites (N-methyl/N-ethyl adjacent to an activating group) is 1. The van der Waals surface area contributed by atoms with Crippen LogP contribution in [0.2, 0.25) is 0 Å². The number of allylic oxidation sites excluding steroid dienone is 2. The second kappa shape index (κ2) is 3.17. The zero-order valence-electron chi connectivity index (χ0n) is 5.88. The molecule has 0 aliphatic carbocycles. The normalized spacial score (nSPS) is 23.8. The molecule has 11 heavy (non-hydrogen) atoms. The molecule has 0 saturated carbocycles. The molecule has 2 nitrogen and oxygen atoms in total. The lowest BCUT2D eigenvalue weighted by Gasteiger charge is -2.23. The molecule has 0 aromatic carbocycles. The van der Waals surface area contributed by atoms with Crippen LogP contribution in [0.25, 0.3) is 0 Å². The van der Waals surface area contributed by atoms with Gasteiger partial charge in [0.05, 0.1) is 16.1 Å². The minimum absolute atomic E-state index is 0.390. The molecule has 0 aromatic rings. The van der Waals surface area contributed by atoms with E-state index in [1.807, 2.05) is 6.07 Å². The van der Waals surface area contributed by atoms with E-state index in [2.05, 4.69) is 0 Å². The van der Waals surface area contributed by atoms with Crippen molar-refractivity contribution in [1.82, 2.24) is 4.90 Å². The molecule has 1 aliphatic heterocycles. The van der Waals surface area contributed by atoms with Crippen LogP contribution in [-0.2, 0) is 0 Å².